The van der Waals surface area contributed by atoms with Crippen LogP contribution in [-0.2, 0) is 12.6 Å². The van der Waals surface area contributed by atoms with Crippen molar-refractivity contribution >= 4 is 6.03 Å². The van der Waals surface area contributed by atoms with Crippen molar-refractivity contribution in [2.75, 3.05) is 13.1 Å². The number of rotatable bonds is 2. The van der Waals surface area contributed by atoms with Gasteiger partial charge in [0.05, 0.1) is 5.56 Å². The molecule has 0 radical (unpaired) electrons. The Balaban J connectivity index is 1.71. The van der Waals surface area contributed by atoms with E-state index in [1.54, 1.807) is 4.90 Å². The molecule has 24 heavy (non-hydrogen) atoms. The molecule has 0 bridgehead atoms. The fourth-order valence-electron chi connectivity index (χ4n) is 3.53. The number of likely N-dealkylation sites (tertiary alicyclic amines) is 1. The fraction of sp³-hybridized carbons (Fsp3) is 0.625. The van der Waals surface area contributed by atoms with Gasteiger partial charge in [0.15, 0.2) is 0 Å². The Morgan fingerprint density at radius 3 is 2.62 bits per heavy atom. The number of fused-ring (bicyclic) bond motifs is 1. The van der Waals surface area contributed by atoms with Crippen molar-refractivity contribution in [3.05, 3.63) is 29.1 Å². The molecule has 132 valence electrons. The molecular weight excluding hydrogens is 321 g/mol. The average molecular weight is 342 g/mol. The third-order valence-electron chi connectivity index (χ3n) is 4.86. The molecule has 0 spiro atoms. The van der Waals surface area contributed by atoms with E-state index in [0.717, 1.165) is 37.6 Å². The van der Waals surface area contributed by atoms with Crippen LogP contribution in [0.4, 0.5) is 18.0 Å². The van der Waals surface area contributed by atoms with Crippen molar-refractivity contribution < 1.29 is 18.0 Å². The molecule has 1 atom stereocenters. The van der Waals surface area contributed by atoms with Crippen LogP contribution in [0.5, 0.6) is 0 Å². The summed E-state index contributed by atoms with van der Waals surface area (Å²) in [6.07, 6.45) is 0.465. The van der Waals surface area contributed by atoms with Crippen molar-refractivity contribution in [3.8, 4) is 0 Å². The number of nitrogens with zero attached hydrogens (tertiary/aromatic N) is 2. The number of aromatic nitrogens is 1. The molecule has 1 aromatic rings. The monoisotopic (exact) mass is 342 g/mol. The number of piperidine rings is 1. The van der Waals surface area contributed by atoms with E-state index in [1.165, 1.54) is 6.07 Å². The summed E-state index contributed by atoms with van der Waals surface area (Å²) in [6.45, 7) is 1.15. The Morgan fingerprint density at radius 1 is 1.29 bits per heavy atom. The van der Waals surface area contributed by atoms with Gasteiger partial charge in [-0.25, -0.2) is 4.79 Å². The van der Waals surface area contributed by atoms with Gasteiger partial charge in [-0.05, 0) is 43.7 Å². The Bertz CT molecular complexity index is 612. The third-order valence-corrected chi connectivity index (χ3v) is 4.86. The van der Waals surface area contributed by atoms with Gasteiger partial charge in [0.25, 0.3) is 0 Å². The Labute approximate surface area is 138 Å². The van der Waals surface area contributed by atoms with Crippen molar-refractivity contribution in [3.63, 3.8) is 0 Å². The summed E-state index contributed by atoms with van der Waals surface area (Å²) in [4.78, 5) is 16.8. The first-order valence-corrected chi connectivity index (χ1v) is 8.21. The van der Waals surface area contributed by atoms with E-state index >= 15 is 0 Å². The minimum absolute atomic E-state index is 0.117. The number of hydrogen-bond donors (Lipinski definition) is 2. The smallest absolute Gasteiger partial charge is 0.351 e. The number of hydrogen-bond acceptors (Lipinski definition) is 3. The number of carbonyl (C=O) groups excluding carboxylic acids is 1. The van der Waals surface area contributed by atoms with Crippen LogP contribution in [0.25, 0.3) is 0 Å². The fourth-order valence-corrected chi connectivity index (χ4v) is 3.53. The summed E-state index contributed by atoms with van der Waals surface area (Å²) in [7, 11) is 0. The summed E-state index contributed by atoms with van der Waals surface area (Å²) in [5, 5.41) is 3.47. The van der Waals surface area contributed by atoms with E-state index < -0.39 is 17.8 Å². The second kappa shape index (κ2) is 6.58. The molecule has 0 saturated carbocycles. The minimum atomic E-state index is -4.38. The van der Waals surface area contributed by atoms with E-state index in [-0.39, 0.29) is 12.1 Å². The lowest BCUT2D eigenvalue weighted by molar-refractivity contribution is -0.137. The molecule has 2 amide bonds. The SMILES string of the molecule is NC(=O)N1CCC(NC2CCCc3ncc(C(F)(F)F)cc32)CC1. The second-order valence-corrected chi connectivity index (χ2v) is 6.47. The first kappa shape index (κ1) is 17.0. The lowest BCUT2D eigenvalue weighted by Crippen LogP contribution is -2.47. The van der Waals surface area contributed by atoms with Crippen LogP contribution in [0, 0.1) is 0 Å². The van der Waals surface area contributed by atoms with Gasteiger partial charge >= 0.3 is 12.2 Å². The summed E-state index contributed by atoms with van der Waals surface area (Å²) < 4.78 is 38.9. The van der Waals surface area contributed by atoms with Gasteiger partial charge in [-0.3, -0.25) is 4.98 Å². The van der Waals surface area contributed by atoms with Gasteiger partial charge in [-0.2, -0.15) is 13.2 Å². The maximum absolute atomic E-state index is 13.0. The number of aryl methyl sites for hydroxylation is 1. The van der Waals surface area contributed by atoms with E-state index in [1.807, 2.05) is 0 Å². The second-order valence-electron chi connectivity index (χ2n) is 6.47. The summed E-state index contributed by atoms with van der Waals surface area (Å²) in [5.74, 6) is 0. The topological polar surface area (TPSA) is 71.2 Å². The molecule has 1 aliphatic carbocycles. The third kappa shape index (κ3) is 3.63. The summed E-state index contributed by atoms with van der Waals surface area (Å²) in [6, 6.07) is 0.868. The zero-order valence-electron chi connectivity index (χ0n) is 13.3. The average Bonchev–Trinajstić information content (AvgIpc) is 2.54. The molecule has 1 unspecified atom stereocenters. The molecular formula is C16H21F3N4O. The van der Waals surface area contributed by atoms with Crippen molar-refractivity contribution in [2.24, 2.45) is 5.73 Å². The van der Waals surface area contributed by atoms with Crippen LogP contribution in [0.3, 0.4) is 0 Å². The van der Waals surface area contributed by atoms with Gasteiger partial charge in [0.1, 0.15) is 0 Å². The highest BCUT2D eigenvalue weighted by Crippen LogP contribution is 2.35. The standard InChI is InChI=1S/C16H21F3N4O/c17-16(18,19)10-8-12-13(21-9-10)2-1-3-14(12)22-11-4-6-23(7-5-11)15(20)24/h8-9,11,14,22H,1-7H2,(H2,20,24). The summed E-state index contributed by atoms with van der Waals surface area (Å²) in [5.41, 5.74) is 5.99. The molecule has 8 heteroatoms. The molecule has 0 aromatic carbocycles. The zero-order valence-corrected chi connectivity index (χ0v) is 13.3. The highest BCUT2D eigenvalue weighted by Gasteiger charge is 2.34. The van der Waals surface area contributed by atoms with Crippen molar-refractivity contribution in [1.29, 1.82) is 0 Å². The number of pyridine rings is 1. The van der Waals surface area contributed by atoms with Crippen LogP contribution < -0.4 is 11.1 Å². The summed E-state index contributed by atoms with van der Waals surface area (Å²) >= 11 is 0. The van der Waals surface area contributed by atoms with Crippen molar-refractivity contribution in [2.45, 2.75) is 50.4 Å². The number of alkyl halides is 3. The molecule has 3 rings (SSSR count). The number of primary amides is 1. The minimum Gasteiger partial charge on any atom is -0.351 e. The maximum atomic E-state index is 13.0. The van der Waals surface area contributed by atoms with Gasteiger partial charge < -0.3 is 16.0 Å². The Morgan fingerprint density at radius 2 is 2.00 bits per heavy atom. The first-order valence-electron chi connectivity index (χ1n) is 8.21. The van der Waals surface area contributed by atoms with Crippen LogP contribution in [0.1, 0.15) is 48.5 Å². The van der Waals surface area contributed by atoms with Gasteiger partial charge in [-0.15, -0.1) is 0 Å². The van der Waals surface area contributed by atoms with Crippen molar-refractivity contribution in [1.82, 2.24) is 15.2 Å². The molecule has 2 heterocycles. The maximum Gasteiger partial charge on any atom is 0.417 e. The highest BCUT2D eigenvalue weighted by molar-refractivity contribution is 5.72. The van der Waals surface area contributed by atoms with Crippen LogP contribution in [0.15, 0.2) is 12.3 Å². The predicted octanol–water partition coefficient (Wildman–Crippen LogP) is 2.61. The molecule has 5 nitrogen and oxygen atoms in total. The Kier molecular flexibility index (Phi) is 4.67. The predicted molar refractivity (Wildman–Crippen MR) is 82.2 cm³/mol. The van der Waals surface area contributed by atoms with E-state index in [0.29, 0.717) is 25.1 Å². The van der Waals surface area contributed by atoms with Crippen LogP contribution in [0.2, 0.25) is 0 Å². The number of urea groups is 1. The molecule has 1 aromatic heterocycles. The molecule has 1 saturated heterocycles. The van der Waals surface area contributed by atoms with Crippen LogP contribution in [-0.4, -0.2) is 35.0 Å². The normalized spacial score (nSPS) is 22.3. The number of amides is 2. The van der Waals surface area contributed by atoms with E-state index in [9.17, 15) is 18.0 Å². The van der Waals surface area contributed by atoms with E-state index in [4.69, 9.17) is 5.73 Å². The number of nitrogens with two attached hydrogens (primary N) is 1. The lowest BCUT2D eigenvalue weighted by Gasteiger charge is -2.35. The van der Waals surface area contributed by atoms with E-state index in [2.05, 4.69) is 10.3 Å². The van der Waals surface area contributed by atoms with Gasteiger partial charge in [0.2, 0.25) is 0 Å². The number of carbonyl (C=O) groups is 1. The zero-order chi connectivity index (χ0) is 17.3. The molecule has 1 fully saturated rings. The largest absolute Gasteiger partial charge is 0.417 e. The number of nitrogens with one attached hydrogen (secondary N) is 1. The number of halogens is 3. The van der Waals surface area contributed by atoms with Gasteiger partial charge in [0, 0.05) is 37.1 Å². The first-order chi connectivity index (χ1) is 11.3. The molecule has 2 aliphatic rings. The van der Waals surface area contributed by atoms with Crippen LogP contribution >= 0.6 is 0 Å². The van der Waals surface area contributed by atoms with Gasteiger partial charge in [-0.1, -0.05) is 0 Å². The highest BCUT2D eigenvalue weighted by atomic mass is 19.4. The quantitative estimate of drug-likeness (QED) is 0.868. The Hall–Kier alpha value is -1.83. The lowest BCUT2D eigenvalue weighted by atomic mass is 9.89. The molecule has 3 N–H and O–H groups in total. The molecule has 1 aliphatic heterocycles.